The largest absolute Gasteiger partial charge is 0.472 e. The molecule has 0 spiro atoms. The van der Waals surface area contributed by atoms with Gasteiger partial charge in [-0.05, 0) is 83.1 Å². The van der Waals surface area contributed by atoms with E-state index in [4.69, 9.17) is 13.8 Å². The molecule has 0 bridgehead atoms. The molecule has 1 amide bonds. The number of hydrogen-bond acceptors (Lipinski definition) is 6. The van der Waals surface area contributed by atoms with E-state index in [1.54, 1.807) is 0 Å². The number of phosphoric acid groups is 1. The number of unbranched alkanes of at least 4 members (excludes halogenated alkanes) is 26. The van der Waals surface area contributed by atoms with Crippen molar-refractivity contribution in [3.63, 3.8) is 0 Å². The highest BCUT2D eigenvalue weighted by molar-refractivity contribution is 7.47. The van der Waals surface area contributed by atoms with Crippen LogP contribution in [0.25, 0.3) is 0 Å². The topological polar surface area (TPSA) is 111 Å². The van der Waals surface area contributed by atoms with Crippen LogP contribution in [0.3, 0.4) is 0 Å². The van der Waals surface area contributed by atoms with E-state index in [1.165, 1.54) is 109 Å². The fourth-order valence-corrected chi connectivity index (χ4v) is 8.30. The monoisotopic (exact) mass is 936 g/mol. The van der Waals surface area contributed by atoms with Crippen molar-refractivity contribution in [3.8, 4) is 0 Å². The average molecular weight is 936 g/mol. The van der Waals surface area contributed by atoms with Gasteiger partial charge in [-0.15, -0.1) is 0 Å². The maximum absolute atomic E-state index is 13.4. The van der Waals surface area contributed by atoms with Gasteiger partial charge in [0.15, 0.2) is 0 Å². The van der Waals surface area contributed by atoms with Gasteiger partial charge in [-0.3, -0.25) is 18.6 Å². The minimum absolute atomic E-state index is 0.0361. The first-order valence-corrected chi connectivity index (χ1v) is 28.5. The molecule has 2 N–H and O–H groups in total. The molecule has 380 valence electrons. The zero-order valence-corrected chi connectivity index (χ0v) is 44.1. The highest BCUT2D eigenvalue weighted by Crippen LogP contribution is 2.43. The van der Waals surface area contributed by atoms with E-state index in [1.807, 2.05) is 33.3 Å². The summed E-state index contributed by atoms with van der Waals surface area (Å²) in [4.78, 5) is 37.4. The summed E-state index contributed by atoms with van der Waals surface area (Å²) in [5.74, 6) is -0.533. The number of quaternary nitrogens is 1. The molecule has 0 saturated heterocycles. The summed E-state index contributed by atoms with van der Waals surface area (Å²) in [5, 5.41) is 3.03. The molecule has 3 unspecified atom stereocenters. The van der Waals surface area contributed by atoms with Crippen LogP contribution in [0.5, 0.6) is 0 Å². The third-order valence-corrected chi connectivity index (χ3v) is 12.7. The summed E-state index contributed by atoms with van der Waals surface area (Å²) in [5.41, 5.74) is 0. The highest BCUT2D eigenvalue weighted by atomic mass is 31.2. The molecule has 0 heterocycles. The van der Waals surface area contributed by atoms with Crippen LogP contribution >= 0.6 is 7.82 Å². The maximum Gasteiger partial charge on any atom is 0.472 e. The fraction of sp³-hybridized carbons (Fsp3) is 0.818. The number of rotatable bonds is 48. The van der Waals surface area contributed by atoms with Crippen molar-refractivity contribution in [1.82, 2.24) is 5.32 Å². The molecule has 0 saturated carbocycles. The van der Waals surface area contributed by atoms with E-state index >= 15 is 0 Å². The minimum atomic E-state index is -4.44. The second-order valence-electron chi connectivity index (χ2n) is 19.4. The van der Waals surface area contributed by atoms with Gasteiger partial charge in [0.25, 0.3) is 0 Å². The first-order valence-electron chi connectivity index (χ1n) is 27.0. The number of phosphoric ester groups is 1. The molecule has 0 aliphatic heterocycles. The summed E-state index contributed by atoms with van der Waals surface area (Å²) in [6.07, 6.45) is 53.9. The molecule has 3 atom stereocenters. The first-order chi connectivity index (χ1) is 31.4. The van der Waals surface area contributed by atoms with Gasteiger partial charge in [-0.2, -0.15) is 0 Å². The van der Waals surface area contributed by atoms with E-state index in [2.05, 4.69) is 62.5 Å². The van der Waals surface area contributed by atoms with Gasteiger partial charge in [0.2, 0.25) is 5.91 Å². The summed E-state index contributed by atoms with van der Waals surface area (Å²) in [7, 11) is 1.48. The average Bonchev–Trinajstić information content (AvgIpc) is 3.26. The molecule has 0 radical (unpaired) electrons. The van der Waals surface area contributed by atoms with E-state index < -0.39 is 20.0 Å². The molecule has 9 nitrogen and oxygen atoms in total. The lowest BCUT2D eigenvalue weighted by Gasteiger charge is -2.27. The lowest BCUT2D eigenvalue weighted by Crippen LogP contribution is -2.47. The van der Waals surface area contributed by atoms with E-state index in [0.717, 1.165) is 89.9 Å². The van der Waals surface area contributed by atoms with Crippen LogP contribution in [0.1, 0.15) is 239 Å². The lowest BCUT2D eigenvalue weighted by atomic mass is 10.0. The Morgan fingerprint density at radius 2 is 0.985 bits per heavy atom. The summed E-state index contributed by atoms with van der Waals surface area (Å²) in [6, 6.07) is -0.855. The quantitative estimate of drug-likeness (QED) is 0.0205. The standard InChI is InChI=1S/C55H103N2O7P/c1-7-10-13-16-19-22-25-28-30-32-35-38-41-44-47-54(58)56-52(51-63-65(60,61)62-50-49-57(4,5)6)53(46-43-40-37-34-31-27-24-21-18-15-12-9-3)64-55(59)48-45-42-39-36-33-29-26-23-20-17-14-11-8-2/h10,13,19,22,29,33,43,46,52-53H,7-9,11-12,14-18,20-21,23-28,30-32,34-42,44-45,47-51H2,1-6H3,(H-,56,58,60,61)/p+1/b13-10+,22-19+,33-29-,46-43+. The van der Waals surface area contributed by atoms with E-state index in [-0.39, 0.29) is 31.5 Å². The Balaban J connectivity index is 5.44. The molecule has 0 aliphatic rings. The van der Waals surface area contributed by atoms with Gasteiger partial charge in [-0.25, -0.2) is 4.57 Å². The van der Waals surface area contributed by atoms with Gasteiger partial charge < -0.3 is 19.4 Å². The molecule has 0 aromatic rings. The lowest BCUT2D eigenvalue weighted by molar-refractivity contribution is -0.870. The third-order valence-electron chi connectivity index (χ3n) is 11.8. The van der Waals surface area contributed by atoms with Crippen LogP contribution in [-0.4, -0.2) is 74.3 Å². The van der Waals surface area contributed by atoms with Crippen LogP contribution in [0.15, 0.2) is 48.6 Å². The van der Waals surface area contributed by atoms with Gasteiger partial charge in [0.1, 0.15) is 19.3 Å². The first kappa shape index (κ1) is 63.0. The molecule has 0 aromatic heterocycles. The van der Waals surface area contributed by atoms with Crippen molar-refractivity contribution in [2.45, 2.75) is 251 Å². The van der Waals surface area contributed by atoms with Crippen LogP contribution in [0, 0.1) is 0 Å². The SMILES string of the molecule is CC/C=C/C/C=C/CCCCCCCCCC(=O)NC(COP(=O)(O)OCC[N+](C)(C)C)C(/C=C/CCCCCCCCCCCC)OC(=O)CCCCC/C=C\CCCCCCCC. The van der Waals surface area contributed by atoms with Crippen LogP contribution in [-0.2, 0) is 27.9 Å². The number of carbonyl (C=O) groups excluding carboxylic acids is 2. The van der Waals surface area contributed by atoms with Crippen molar-refractivity contribution in [1.29, 1.82) is 0 Å². The number of likely N-dealkylation sites (N-methyl/N-ethyl adjacent to an activating group) is 1. The van der Waals surface area contributed by atoms with Gasteiger partial charge >= 0.3 is 13.8 Å². The van der Waals surface area contributed by atoms with Crippen molar-refractivity contribution in [2.75, 3.05) is 40.9 Å². The van der Waals surface area contributed by atoms with Gasteiger partial charge in [0, 0.05) is 12.8 Å². The zero-order chi connectivity index (χ0) is 48.0. The molecular formula is C55H104N2O7P+. The second kappa shape index (κ2) is 45.7. The Hall–Kier alpha value is -2.03. The fourth-order valence-electron chi connectivity index (χ4n) is 7.56. The number of nitrogens with one attached hydrogen (secondary N) is 1. The number of ether oxygens (including phenoxy) is 1. The van der Waals surface area contributed by atoms with Crippen molar-refractivity contribution >= 4 is 19.7 Å². The van der Waals surface area contributed by atoms with Gasteiger partial charge in [-0.1, -0.05) is 192 Å². The molecule has 0 aliphatic carbocycles. The molecular weight excluding hydrogens is 832 g/mol. The normalized spacial score (nSPS) is 14.3. The Bertz CT molecular complexity index is 1260. The zero-order valence-electron chi connectivity index (χ0n) is 43.2. The van der Waals surface area contributed by atoms with Crippen LogP contribution < -0.4 is 5.32 Å². The van der Waals surface area contributed by atoms with Crippen LogP contribution in [0.2, 0.25) is 0 Å². The minimum Gasteiger partial charge on any atom is -0.456 e. The molecule has 10 heteroatoms. The Labute approximate surface area is 401 Å². The smallest absolute Gasteiger partial charge is 0.456 e. The van der Waals surface area contributed by atoms with E-state index in [9.17, 15) is 19.0 Å². The summed E-state index contributed by atoms with van der Waals surface area (Å²) >= 11 is 0. The second-order valence-corrected chi connectivity index (χ2v) is 20.8. The van der Waals surface area contributed by atoms with Crippen molar-refractivity contribution in [2.24, 2.45) is 0 Å². The Kier molecular flexibility index (Phi) is 44.3. The number of esters is 1. The van der Waals surface area contributed by atoms with Crippen molar-refractivity contribution in [3.05, 3.63) is 48.6 Å². The van der Waals surface area contributed by atoms with Crippen molar-refractivity contribution < 1.29 is 37.3 Å². The van der Waals surface area contributed by atoms with E-state index in [0.29, 0.717) is 23.9 Å². The summed E-state index contributed by atoms with van der Waals surface area (Å²) in [6.45, 7) is 6.87. The molecule has 0 rings (SSSR count). The Morgan fingerprint density at radius 1 is 0.554 bits per heavy atom. The highest BCUT2D eigenvalue weighted by Gasteiger charge is 2.30. The summed E-state index contributed by atoms with van der Waals surface area (Å²) < 4.78 is 30.5. The number of amides is 1. The maximum atomic E-state index is 13.4. The predicted octanol–water partition coefficient (Wildman–Crippen LogP) is 15.8. The number of hydrogen-bond donors (Lipinski definition) is 2. The number of allylic oxidation sites excluding steroid dienone is 7. The molecule has 0 aromatic carbocycles. The Morgan fingerprint density at radius 3 is 1.49 bits per heavy atom. The predicted molar refractivity (Wildman–Crippen MR) is 277 cm³/mol. The third kappa shape index (κ3) is 46.9. The number of carbonyl (C=O) groups is 2. The molecule has 0 fully saturated rings. The number of nitrogens with zero attached hydrogens (tertiary/aromatic N) is 1. The van der Waals surface area contributed by atoms with Gasteiger partial charge in [0.05, 0.1) is 33.8 Å². The molecule has 65 heavy (non-hydrogen) atoms. The van der Waals surface area contributed by atoms with Crippen LogP contribution in [0.4, 0.5) is 0 Å².